The number of carbonyl (C=O) groups is 1. The second kappa shape index (κ2) is 7.60. The summed E-state index contributed by atoms with van der Waals surface area (Å²) in [4.78, 5) is 14.2. The molecule has 0 bridgehead atoms. The third-order valence-electron chi connectivity index (χ3n) is 4.40. The van der Waals surface area contributed by atoms with E-state index in [1.807, 2.05) is 58.9 Å². The number of nitrogens with zero attached hydrogens (tertiary/aromatic N) is 1. The molecule has 0 saturated carbocycles. The number of rotatable bonds is 5. The molecule has 0 spiro atoms. The second-order valence-corrected chi connectivity index (χ2v) is 8.62. The lowest BCUT2D eigenvalue weighted by Gasteiger charge is -2.26. The standard InChI is InChI=1S/C22H19NOS2/c1-16(17-10-4-2-5-11-17)26-23-21(24)19-14-8-9-15-20(19)22(23)25-18-12-6-3-7-13-18/h2-16,22H,1H3. The summed E-state index contributed by atoms with van der Waals surface area (Å²) in [5.74, 6) is 0.0989. The summed E-state index contributed by atoms with van der Waals surface area (Å²) >= 11 is 3.34. The summed E-state index contributed by atoms with van der Waals surface area (Å²) in [6.45, 7) is 2.15. The molecule has 2 atom stereocenters. The Morgan fingerprint density at radius 2 is 1.46 bits per heavy atom. The van der Waals surface area contributed by atoms with Gasteiger partial charge in [-0.3, -0.25) is 9.10 Å². The molecule has 2 unspecified atom stereocenters. The highest BCUT2D eigenvalue weighted by molar-refractivity contribution is 8.02. The van der Waals surface area contributed by atoms with Gasteiger partial charge in [0.1, 0.15) is 5.37 Å². The van der Waals surface area contributed by atoms with Crippen molar-refractivity contribution in [3.05, 3.63) is 102 Å². The Bertz CT molecular complexity index is 898. The molecule has 4 rings (SSSR count). The van der Waals surface area contributed by atoms with Crippen molar-refractivity contribution < 1.29 is 4.79 Å². The van der Waals surface area contributed by atoms with Crippen LogP contribution in [0.15, 0.2) is 89.8 Å². The molecular weight excluding hydrogens is 358 g/mol. The fourth-order valence-electron chi connectivity index (χ4n) is 3.06. The zero-order chi connectivity index (χ0) is 17.9. The van der Waals surface area contributed by atoms with E-state index in [1.54, 1.807) is 23.7 Å². The molecule has 1 aliphatic heterocycles. The summed E-state index contributed by atoms with van der Waals surface area (Å²) in [7, 11) is 0. The first-order valence-corrected chi connectivity index (χ1v) is 10.3. The Kier molecular flexibility index (Phi) is 5.05. The lowest BCUT2D eigenvalue weighted by molar-refractivity contribution is 0.0886. The summed E-state index contributed by atoms with van der Waals surface area (Å²) in [5.41, 5.74) is 3.14. The molecule has 0 fully saturated rings. The van der Waals surface area contributed by atoms with Crippen LogP contribution >= 0.6 is 23.7 Å². The molecule has 0 aliphatic carbocycles. The monoisotopic (exact) mass is 377 g/mol. The number of hydrogen-bond acceptors (Lipinski definition) is 3. The molecule has 130 valence electrons. The molecule has 1 heterocycles. The van der Waals surface area contributed by atoms with Crippen molar-refractivity contribution in [2.45, 2.75) is 22.4 Å². The fourth-order valence-corrected chi connectivity index (χ4v) is 5.47. The van der Waals surface area contributed by atoms with Gasteiger partial charge in [-0.05, 0) is 48.2 Å². The topological polar surface area (TPSA) is 20.3 Å². The van der Waals surface area contributed by atoms with Crippen molar-refractivity contribution in [1.29, 1.82) is 0 Å². The summed E-state index contributed by atoms with van der Waals surface area (Å²) in [5, 5.41) is 0.186. The van der Waals surface area contributed by atoms with Gasteiger partial charge in [0, 0.05) is 15.7 Å². The molecule has 3 aromatic rings. The Labute approximate surface area is 162 Å². The van der Waals surface area contributed by atoms with Crippen LogP contribution in [0.25, 0.3) is 0 Å². The molecule has 0 N–H and O–H groups in total. The summed E-state index contributed by atoms with van der Waals surface area (Å²) < 4.78 is 1.94. The third-order valence-corrected chi connectivity index (χ3v) is 6.96. The van der Waals surface area contributed by atoms with Crippen molar-refractivity contribution in [3.63, 3.8) is 0 Å². The van der Waals surface area contributed by atoms with Gasteiger partial charge >= 0.3 is 0 Å². The molecule has 26 heavy (non-hydrogen) atoms. The Balaban J connectivity index is 1.64. The van der Waals surface area contributed by atoms with Crippen LogP contribution in [0.1, 0.15) is 39.0 Å². The lowest BCUT2D eigenvalue weighted by Crippen LogP contribution is -2.20. The minimum absolute atomic E-state index is 0.0164. The normalized spacial score (nSPS) is 17.2. The van der Waals surface area contributed by atoms with E-state index >= 15 is 0 Å². The zero-order valence-electron chi connectivity index (χ0n) is 14.4. The van der Waals surface area contributed by atoms with Crippen molar-refractivity contribution in [1.82, 2.24) is 4.31 Å². The van der Waals surface area contributed by atoms with Crippen LogP contribution < -0.4 is 0 Å². The van der Waals surface area contributed by atoms with Crippen molar-refractivity contribution >= 4 is 29.6 Å². The number of carbonyl (C=O) groups excluding carboxylic acids is 1. The van der Waals surface area contributed by atoms with Gasteiger partial charge in [-0.15, -0.1) is 0 Å². The highest BCUT2D eigenvalue weighted by Gasteiger charge is 2.38. The lowest BCUT2D eigenvalue weighted by atomic mass is 10.1. The summed E-state index contributed by atoms with van der Waals surface area (Å²) in [6, 6.07) is 28.6. The molecule has 1 aliphatic rings. The predicted octanol–water partition coefficient (Wildman–Crippen LogP) is 6.34. The van der Waals surface area contributed by atoms with Crippen molar-refractivity contribution in [2.24, 2.45) is 0 Å². The average Bonchev–Trinajstić information content (AvgIpc) is 2.95. The van der Waals surface area contributed by atoms with Gasteiger partial charge < -0.3 is 0 Å². The molecule has 2 nitrogen and oxygen atoms in total. The van der Waals surface area contributed by atoms with E-state index in [-0.39, 0.29) is 16.5 Å². The van der Waals surface area contributed by atoms with E-state index in [4.69, 9.17) is 0 Å². The minimum atomic E-state index is -0.0164. The van der Waals surface area contributed by atoms with Crippen LogP contribution in [0.5, 0.6) is 0 Å². The van der Waals surface area contributed by atoms with Crippen LogP contribution in [0.2, 0.25) is 0 Å². The maximum Gasteiger partial charge on any atom is 0.265 e. The number of hydrogen-bond donors (Lipinski definition) is 0. The maximum absolute atomic E-state index is 13.1. The Morgan fingerprint density at radius 1 is 0.846 bits per heavy atom. The Morgan fingerprint density at radius 3 is 2.19 bits per heavy atom. The molecule has 0 radical (unpaired) electrons. The second-order valence-electron chi connectivity index (χ2n) is 6.16. The van der Waals surface area contributed by atoms with Crippen molar-refractivity contribution in [3.8, 4) is 0 Å². The van der Waals surface area contributed by atoms with Gasteiger partial charge in [0.2, 0.25) is 0 Å². The Hall–Kier alpha value is -2.17. The zero-order valence-corrected chi connectivity index (χ0v) is 16.0. The van der Waals surface area contributed by atoms with Crippen LogP contribution in [0.4, 0.5) is 0 Å². The number of thioether (sulfide) groups is 1. The first-order chi connectivity index (χ1) is 12.7. The van der Waals surface area contributed by atoms with E-state index in [0.29, 0.717) is 0 Å². The molecule has 3 aromatic carbocycles. The van der Waals surface area contributed by atoms with E-state index < -0.39 is 0 Å². The minimum Gasteiger partial charge on any atom is -0.268 e. The number of benzene rings is 3. The van der Waals surface area contributed by atoms with Gasteiger partial charge in [0.05, 0.1) is 0 Å². The largest absolute Gasteiger partial charge is 0.268 e. The van der Waals surface area contributed by atoms with Gasteiger partial charge in [0.25, 0.3) is 5.91 Å². The molecule has 4 heteroatoms. The van der Waals surface area contributed by atoms with Gasteiger partial charge in [-0.2, -0.15) is 0 Å². The molecular formula is C22H19NOS2. The first-order valence-electron chi connectivity index (χ1n) is 8.60. The fraction of sp³-hybridized carbons (Fsp3) is 0.136. The van der Waals surface area contributed by atoms with Gasteiger partial charge in [-0.1, -0.05) is 78.5 Å². The number of amides is 1. The SMILES string of the molecule is CC(SN1C(=O)c2ccccc2C1Sc1ccccc1)c1ccccc1. The smallest absolute Gasteiger partial charge is 0.265 e. The van der Waals surface area contributed by atoms with E-state index in [9.17, 15) is 4.79 Å². The van der Waals surface area contributed by atoms with Crippen LogP contribution in [-0.4, -0.2) is 10.2 Å². The first kappa shape index (κ1) is 17.3. The molecule has 0 saturated heterocycles. The summed E-state index contributed by atoms with van der Waals surface area (Å²) in [6.07, 6.45) is 0. The van der Waals surface area contributed by atoms with Gasteiger partial charge in [-0.25, -0.2) is 0 Å². The number of fused-ring (bicyclic) bond motifs is 1. The van der Waals surface area contributed by atoms with Crippen LogP contribution in [-0.2, 0) is 0 Å². The van der Waals surface area contributed by atoms with E-state index in [2.05, 4.69) is 37.3 Å². The highest BCUT2D eigenvalue weighted by atomic mass is 32.2. The van der Waals surface area contributed by atoms with E-state index in [0.717, 1.165) is 11.1 Å². The average molecular weight is 378 g/mol. The maximum atomic E-state index is 13.1. The quantitative estimate of drug-likeness (QED) is 0.484. The van der Waals surface area contributed by atoms with Gasteiger partial charge in [0.15, 0.2) is 0 Å². The third kappa shape index (κ3) is 3.39. The molecule has 1 amide bonds. The molecule has 0 aromatic heterocycles. The highest BCUT2D eigenvalue weighted by Crippen LogP contribution is 2.50. The van der Waals surface area contributed by atoms with Crippen LogP contribution in [0, 0.1) is 0 Å². The van der Waals surface area contributed by atoms with Crippen molar-refractivity contribution in [2.75, 3.05) is 0 Å². The van der Waals surface area contributed by atoms with E-state index in [1.165, 1.54) is 10.5 Å². The predicted molar refractivity (Wildman–Crippen MR) is 110 cm³/mol. The van der Waals surface area contributed by atoms with Crippen LogP contribution in [0.3, 0.4) is 0 Å².